The molecule has 0 bridgehead atoms. The summed E-state index contributed by atoms with van der Waals surface area (Å²) in [5.41, 5.74) is 0.000522. The van der Waals surface area contributed by atoms with Crippen LogP contribution in [0, 0.1) is 5.82 Å². The van der Waals surface area contributed by atoms with E-state index in [4.69, 9.17) is 9.31 Å². The Morgan fingerprint density at radius 3 is 2.12 bits per heavy atom. The van der Waals surface area contributed by atoms with Crippen LogP contribution in [0.25, 0.3) is 0 Å². The fourth-order valence-corrected chi connectivity index (χ4v) is 2.70. The smallest absolute Gasteiger partial charge is 0.399 e. The molecule has 24 heavy (non-hydrogen) atoms. The monoisotopic (exact) mass is 335 g/mol. The average Bonchev–Trinajstić information content (AvgIpc) is 2.68. The highest BCUT2D eigenvalue weighted by Gasteiger charge is 2.52. The van der Waals surface area contributed by atoms with Crippen LogP contribution in [0.15, 0.2) is 18.2 Å². The van der Waals surface area contributed by atoms with Crippen LogP contribution in [0.3, 0.4) is 0 Å². The second kappa shape index (κ2) is 6.85. The lowest BCUT2D eigenvalue weighted by Crippen LogP contribution is -2.41. The quantitative estimate of drug-likeness (QED) is 0.777. The van der Waals surface area contributed by atoms with Gasteiger partial charge in [-0.1, -0.05) is 12.1 Å². The lowest BCUT2D eigenvalue weighted by Gasteiger charge is -2.32. The lowest BCUT2D eigenvalue weighted by molar-refractivity contribution is -0.130. The summed E-state index contributed by atoms with van der Waals surface area (Å²) in [4.78, 5) is 13.9. The summed E-state index contributed by atoms with van der Waals surface area (Å²) in [6.45, 7) is 12.9. The zero-order valence-electron chi connectivity index (χ0n) is 15.5. The number of halogens is 1. The fraction of sp³-hybridized carbons (Fsp3) is 0.611. The Kier molecular flexibility index (Phi) is 5.40. The van der Waals surface area contributed by atoms with Crippen LogP contribution in [-0.4, -0.2) is 42.2 Å². The Balaban J connectivity index is 2.15. The van der Waals surface area contributed by atoms with E-state index < -0.39 is 24.1 Å². The van der Waals surface area contributed by atoms with Crippen molar-refractivity contribution in [1.29, 1.82) is 0 Å². The van der Waals surface area contributed by atoms with Crippen molar-refractivity contribution in [2.75, 3.05) is 13.1 Å². The predicted molar refractivity (Wildman–Crippen MR) is 93.7 cm³/mol. The third-order valence-corrected chi connectivity index (χ3v) is 5.04. The van der Waals surface area contributed by atoms with Crippen molar-refractivity contribution in [2.24, 2.45) is 0 Å². The van der Waals surface area contributed by atoms with Crippen LogP contribution in [-0.2, 0) is 20.5 Å². The topological polar surface area (TPSA) is 38.8 Å². The highest BCUT2D eigenvalue weighted by atomic mass is 19.1. The summed E-state index contributed by atoms with van der Waals surface area (Å²) in [5, 5.41) is 0. The molecule has 0 unspecified atom stereocenters. The van der Waals surface area contributed by atoms with E-state index >= 15 is 0 Å². The largest absolute Gasteiger partial charge is 0.497 e. The SMILES string of the molecule is CCN(CC)C(=O)Cc1ccc(B2OC(C)(C)C(C)(C)O2)c(F)c1. The Morgan fingerprint density at radius 1 is 1.12 bits per heavy atom. The van der Waals surface area contributed by atoms with Gasteiger partial charge in [-0.3, -0.25) is 4.79 Å². The first kappa shape index (κ1) is 18.9. The molecule has 0 radical (unpaired) electrons. The summed E-state index contributed by atoms with van der Waals surface area (Å²) in [6, 6.07) is 4.83. The van der Waals surface area contributed by atoms with Crippen LogP contribution >= 0.6 is 0 Å². The van der Waals surface area contributed by atoms with Crippen molar-refractivity contribution in [3.63, 3.8) is 0 Å². The predicted octanol–water partition coefficient (Wildman–Crippen LogP) is 2.54. The van der Waals surface area contributed by atoms with E-state index in [2.05, 4.69) is 0 Å². The van der Waals surface area contributed by atoms with Crippen LogP contribution in [0.4, 0.5) is 4.39 Å². The molecule has 1 aromatic rings. The summed E-state index contributed by atoms with van der Waals surface area (Å²) < 4.78 is 26.3. The van der Waals surface area contributed by atoms with Gasteiger partial charge in [-0.05, 0) is 53.2 Å². The maximum atomic E-state index is 14.5. The molecule has 1 aliphatic rings. The van der Waals surface area contributed by atoms with E-state index in [1.807, 2.05) is 41.5 Å². The van der Waals surface area contributed by atoms with E-state index in [0.717, 1.165) is 0 Å². The van der Waals surface area contributed by atoms with Gasteiger partial charge in [0.2, 0.25) is 5.91 Å². The average molecular weight is 335 g/mol. The molecule has 0 spiro atoms. The summed E-state index contributed by atoms with van der Waals surface area (Å²) >= 11 is 0. The van der Waals surface area contributed by atoms with E-state index in [9.17, 15) is 9.18 Å². The number of likely N-dealkylation sites (N-methyl/N-ethyl adjacent to an activating group) is 1. The molecule has 0 N–H and O–H groups in total. The van der Waals surface area contributed by atoms with Gasteiger partial charge in [0.05, 0.1) is 17.6 Å². The second-order valence-corrected chi connectivity index (χ2v) is 7.19. The van der Waals surface area contributed by atoms with E-state index in [-0.39, 0.29) is 12.3 Å². The van der Waals surface area contributed by atoms with Gasteiger partial charge in [-0.15, -0.1) is 0 Å². The molecule has 1 amide bonds. The Hall–Kier alpha value is -1.40. The number of rotatable bonds is 5. The van der Waals surface area contributed by atoms with Crippen molar-refractivity contribution in [1.82, 2.24) is 4.90 Å². The Morgan fingerprint density at radius 2 is 1.67 bits per heavy atom. The molecule has 2 rings (SSSR count). The van der Waals surface area contributed by atoms with Gasteiger partial charge in [-0.2, -0.15) is 0 Å². The van der Waals surface area contributed by atoms with Crippen LogP contribution in [0.1, 0.15) is 47.1 Å². The summed E-state index contributed by atoms with van der Waals surface area (Å²) in [6.07, 6.45) is 0.197. The number of carbonyl (C=O) groups excluding carboxylic acids is 1. The van der Waals surface area contributed by atoms with Gasteiger partial charge >= 0.3 is 7.12 Å². The minimum absolute atomic E-state index is 0.00258. The number of hydrogen-bond acceptors (Lipinski definition) is 3. The highest BCUT2D eigenvalue weighted by molar-refractivity contribution is 6.62. The first-order chi connectivity index (χ1) is 11.1. The van der Waals surface area contributed by atoms with Crippen LogP contribution in [0.5, 0.6) is 0 Å². The molecule has 1 aromatic carbocycles. The summed E-state index contributed by atoms with van der Waals surface area (Å²) in [5.74, 6) is -0.402. The van der Waals surface area contributed by atoms with Gasteiger partial charge < -0.3 is 14.2 Å². The number of nitrogens with zero attached hydrogens (tertiary/aromatic N) is 1. The standard InChI is InChI=1S/C18H27BFNO3/c1-7-21(8-2)16(22)12-13-9-10-14(15(20)11-13)19-23-17(3,4)18(5,6)24-19/h9-11H,7-8,12H2,1-6H3. The van der Waals surface area contributed by atoms with Crippen LogP contribution < -0.4 is 5.46 Å². The Bertz CT molecular complexity index is 598. The molecular formula is C18H27BFNO3. The first-order valence-electron chi connectivity index (χ1n) is 8.53. The Labute approximate surface area is 144 Å². The molecule has 1 saturated heterocycles. The van der Waals surface area contributed by atoms with E-state index in [1.165, 1.54) is 6.07 Å². The van der Waals surface area contributed by atoms with E-state index in [1.54, 1.807) is 17.0 Å². The van der Waals surface area contributed by atoms with Gasteiger partial charge in [0.25, 0.3) is 0 Å². The third-order valence-electron chi connectivity index (χ3n) is 5.04. The van der Waals surface area contributed by atoms with Crippen molar-refractivity contribution >= 4 is 18.5 Å². The van der Waals surface area contributed by atoms with Gasteiger partial charge in [0.15, 0.2) is 0 Å². The second-order valence-electron chi connectivity index (χ2n) is 7.19. The third kappa shape index (κ3) is 3.65. The van der Waals surface area contributed by atoms with Crippen molar-refractivity contribution in [2.45, 2.75) is 59.2 Å². The molecular weight excluding hydrogens is 308 g/mol. The maximum Gasteiger partial charge on any atom is 0.497 e. The molecule has 1 fully saturated rings. The zero-order chi connectivity index (χ0) is 18.1. The molecule has 1 heterocycles. The lowest BCUT2D eigenvalue weighted by atomic mass is 9.78. The molecule has 0 aliphatic carbocycles. The van der Waals surface area contributed by atoms with Gasteiger partial charge in [0.1, 0.15) is 5.82 Å². The minimum atomic E-state index is -0.734. The van der Waals surface area contributed by atoms with E-state index in [0.29, 0.717) is 24.1 Å². The van der Waals surface area contributed by atoms with Crippen molar-refractivity contribution in [3.05, 3.63) is 29.6 Å². The minimum Gasteiger partial charge on any atom is -0.399 e. The molecule has 132 valence electrons. The van der Waals surface area contributed by atoms with Gasteiger partial charge in [0, 0.05) is 18.6 Å². The molecule has 0 saturated carbocycles. The van der Waals surface area contributed by atoms with Gasteiger partial charge in [-0.25, -0.2) is 4.39 Å². The number of amides is 1. The highest BCUT2D eigenvalue weighted by Crippen LogP contribution is 2.36. The molecule has 6 heteroatoms. The first-order valence-corrected chi connectivity index (χ1v) is 8.53. The normalized spacial score (nSPS) is 18.7. The molecule has 0 aromatic heterocycles. The number of carbonyl (C=O) groups is 1. The maximum absolute atomic E-state index is 14.5. The number of hydrogen-bond donors (Lipinski definition) is 0. The molecule has 1 aliphatic heterocycles. The molecule has 4 nitrogen and oxygen atoms in total. The number of benzene rings is 1. The van der Waals surface area contributed by atoms with Crippen molar-refractivity contribution < 1.29 is 18.5 Å². The summed E-state index contributed by atoms with van der Waals surface area (Å²) in [7, 11) is -0.734. The van der Waals surface area contributed by atoms with Crippen LogP contribution in [0.2, 0.25) is 0 Å². The van der Waals surface area contributed by atoms with Crippen molar-refractivity contribution in [3.8, 4) is 0 Å². The zero-order valence-corrected chi connectivity index (χ0v) is 15.5. The molecule has 0 atom stereocenters. The fourth-order valence-electron chi connectivity index (χ4n) is 2.70.